The zero-order valence-corrected chi connectivity index (χ0v) is 14.2. The summed E-state index contributed by atoms with van der Waals surface area (Å²) in [6.45, 7) is 1.45. The highest BCUT2D eigenvalue weighted by Crippen LogP contribution is 2.28. The Hall–Kier alpha value is -2.99. The number of carboxylic acids is 1. The molecule has 9 heteroatoms. The Morgan fingerprint density at radius 1 is 1.38 bits per heavy atom. The Bertz CT molecular complexity index is 973. The number of rotatable bonds is 3. The first-order chi connectivity index (χ1) is 11.3. The Morgan fingerprint density at radius 2 is 2.04 bits per heavy atom. The van der Waals surface area contributed by atoms with Crippen molar-refractivity contribution in [2.45, 2.75) is 6.92 Å². The Morgan fingerprint density at radius 3 is 2.62 bits per heavy atom. The van der Waals surface area contributed by atoms with Crippen LogP contribution in [-0.4, -0.2) is 20.7 Å². The third-order valence-electron chi connectivity index (χ3n) is 3.34. The second-order valence-corrected chi connectivity index (χ2v) is 5.73. The van der Waals surface area contributed by atoms with Crippen molar-refractivity contribution >= 4 is 33.3 Å². The maximum atomic E-state index is 12.2. The van der Waals surface area contributed by atoms with Gasteiger partial charge in [-0.05, 0) is 25.1 Å². The van der Waals surface area contributed by atoms with Gasteiger partial charge in [0.1, 0.15) is 17.3 Å². The lowest BCUT2D eigenvalue weighted by Gasteiger charge is -2.08. The zero-order chi connectivity index (χ0) is 18.0. The lowest BCUT2D eigenvalue weighted by molar-refractivity contribution is 0.0697. The smallest absolute Gasteiger partial charge is 0.338 e. The van der Waals surface area contributed by atoms with Crippen molar-refractivity contribution in [2.75, 3.05) is 0 Å². The fraction of sp³-hybridized carbons (Fsp3) is 0.133. The van der Waals surface area contributed by atoms with Crippen LogP contribution in [0.1, 0.15) is 21.5 Å². The van der Waals surface area contributed by atoms with Gasteiger partial charge in [-0.2, -0.15) is 5.26 Å². The van der Waals surface area contributed by atoms with Crippen LogP contribution in [0.3, 0.4) is 0 Å². The predicted molar refractivity (Wildman–Crippen MR) is 88.1 cm³/mol. The molecule has 0 aliphatic rings. The van der Waals surface area contributed by atoms with Crippen molar-refractivity contribution in [2.24, 2.45) is 17.3 Å². The van der Waals surface area contributed by atoms with Gasteiger partial charge in [0.2, 0.25) is 5.88 Å². The van der Waals surface area contributed by atoms with Gasteiger partial charge in [-0.25, -0.2) is 4.79 Å². The Labute approximate surface area is 144 Å². The van der Waals surface area contributed by atoms with E-state index in [2.05, 4.69) is 26.2 Å². The van der Waals surface area contributed by atoms with Gasteiger partial charge in [0.25, 0.3) is 5.56 Å². The monoisotopic (exact) mass is 390 g/mol. The van der Waals surface area contributed by atoms with E-state index in [1.807, 2.05) is 0 Å². The minimum absolute atomic E-state index is 0.0544. The number of nitriles is 1. The van der Waals surface area contributed by atoms with E-state index in [1.165, 1.54) is 26.1 Å². The number of benzene rings is 1. The maximum Gasteiger partial charge on any atom is 0.338 e. The molecule has 0 saturated carbocycles. The van der Waals surface area contributed by atoms with E-state index in [0.29, 0.717) is 4.47 Å². The molecule has 1 aromatic carbocycles. The number of hydrogen-bond donors (Lipinski definition) is 2. The van der Waals surface area contributed by atoms with Crippen LogP contribution in [0.2, 0.25) is 0 Å². The van der Waals surface area contributed by atoms with E-state index in [9.17, 15) is 19.8 Å². The van der Waals surface area contributed by atoms with Crippen LogP contribution in [0, 0.1) is 18.3 Å². The summed E-state index contributed by atoms with van der Waals surface area (Å²) in [7, 11) is 1.29. The normalized spacial score (nSPS) is 10.8. The van der Waals surface area contributed by atoms with E-state index in [-0.39, 0.29) is 28.1 Å². The van der Waals surface area contributed by atoms with Crippen LogP contribution in [0.5, 0.6) is 5.88 Å². The largest absolute Gasteiger partial charge is 0.493 e. The topological polar surface area (TPSA) is 128 Å². The third kappa shape index (κ3) is 3.04. The van der Waals surface area contributed by atoms with Gasteiger partial charge in [-0.15, -0.1) is 10.2 Å². The molecule has 122 valence electrons. The van der Waals surface area contributed by atoms with Gasteiger partial charge in [-0.3, -0.25) is 9.36 Å². The zero-order valence-electron chi connectivity index (χ0n) is 12.6. The number of aromatic carboxylic acids is 1. The summed E-state index contributed by atoms with van der Waals surface area (Å²) in [5, 5.41) is 35.7. The van der Waals surface area contributed by atoms with Crippen molar-refractivity contribution in [3.05, 3.63) is 49.7 Å². The molecule has 24 heavy (non-hydrogen) atoms. The van der Waals surface area contributed by atoms with Crippen LogP contribution >= 0.6 is 15.9 Å². The summed E-state index contributed by atoms with van der Waals surface area (Å²) in [5.74, 6) is -1.66. The molecule has 0 unspecified atom stereocenters. The number of pyridine rings is 1. The second-order valence-electron chi connectivity index (χ2n) is 4.81. The van der Waals surface area contributed by atoms with E-state index in [0.717, 1.165) is 4.57 Å². The van der Waals surface area contributed by atoms with Gasteiger partial charge < -0.3 is 10.2 Å². The second kappa shape index (κ2) is 6.64. The van der Waals surface area contributed by atoms with Crippen molar-refractivity contribution in [3.63, 3.8) is 0 Å². The average Bonchev–Trinajstić information content (AvgIpc) is 2.54. The number of aromatic nitrogens is 1. The predicted octanol–water partition coefficient (Wildman–Crippen LogP) is 3.15. The minimum Gasteiger partial charge on any atom is -0.493 e. The van der Waals surface area contributed by atoms with Crippen molar-refractivity contribution in [1.29, 1.82) is 5.26 Å². The molecule has 0 bridgehead atoms. The van der Waals surface area contributed by atoms with Crippen molar-refractivity contribution in [3.8, 4) is 11.9 Å². The molecule has 0 aliphatic heterocycles. The molecule has 0 aliphatic carbocycles. The summed E-state index contributed by atoms with van der Waals surface area (Å²) in [6.07, 6.45) is 0. The highest BCUT2D eigenvalue weighted by Gasteiger charge is 2.17. The number of carbonyl (C=O) groups is 1. The highest BCUT2D eigenvalue weighted by atomic mass is 79.9. The third-order valence-corrected chi connectivity index (χ3v) is 3.83. The first-order valence-corrected chi connectivity index (χ1v) is 7.34. The summed E-state index contributed by atoms with van der Waals surface area (Å²) in [5.41, 5.74) is -0.774. The average molecular weight is 391 g/mol. The SMILES string of the molecule is Cc1c(C#N)c(O)n(C)c(=O)c1N=Nc1ccc(Br)cc1C(=O)O. The van der Waals surface area contributed by atoms with Crippen LogP contribution < -0.4 is 5.56 Å². The molecule has 2 rings (SSSR count). The van der Waals surface area contributed by atoms with E-state index in [4.69, 9.17) is 5.26 Å². The molecule has 0 saturated heterocycles. The first-order valence-electron chi connectivity index (χ1n) is 6.55. The Balaban J connectivity index is 2.64. The fourth-order valence-corrected chi connectivity index (χ4v) is 2.35. The lowest BCUT2D eigenvalue weighted by atomic mass is 10.1. The molecule has 2 N–H and O–H groups in total. The molecule has 0 spiro atoms. The first kappa shape index (κ1) is 17.4. The number of carboxylic acid groups (broad SMARTS) is 1. The van der Waals surface area contributed by atoms with Crippen LogP contribution in [0.15, 0.2) is 37.7 Å². The highest BCUT2D eigenvalue weighted by molar-refractivity contribution is 9.10. The minimum atomic E-state index is -1.20. The summed E-state index contributed by atoms with van der Waals surface area (Å²) >= 11 is 3.17. The van der Waals surface area contributed by atoms with Crippen molar-refractivity contribution in [1.82, 2.24) is 4.57 Å². The van der Waals surface area contributed by atoms with E-state index in [1.54, 1.807) is 12.1 Å². The number of aromatic hydroxyl groups is 1. The fourth-order valence-electron chi connectivity index (χ4n) is 1.99. The lowest BCUT2D eigenvalue weighted by Crippen LogP contribution is -2.18. The van der Waals surface area contributed by atoms with Gasteiger partial charge in [-0.1, -0.05) is 15.9 Å². The summed E-state index contributed by atoms with van der Waals surface area (Å²) < 4.78 is 1.43. The summed E-state index contributed by atoms with van der Waals surface area (Å²) in [6, 6.07) is 6.18. The molecule has 8 nitrogen and oxygen atoms in total. The molecular weight excluding hydrogens is 380 g/mol. The van der Waals surface area contributed by atoms with Gasteiger partial charge in [0.05, 0.1) is 5.56 Å². The molecule has 1 heterocycles. The quantitative estimate of drug-likeness (QED) is 0.777. The molecule has 2 aromatic rings. The maximum absolute atomic E-state index is 12.2. The van der Waals surface area contributed by atoms with Gasteiger partial charge in [0.15, 0.2) is 5.69 Å². The Kier molecular flexibility index (Phi) is 4.80. The van der Waals surface area contributed by atoms with Crippen LogP contribution in [0.25, 0.3) is 0 Å². The number of halogens is 1. The number of azo groups is 1. The standard InChI is InChI=1S/C15H11BrN4O4/c1-7-10(6-17)13(21)20(2)14(22)12(7)19-18-11-4-3-8(16)5-9(11)15(23)24/h3-5,21H,1-2H3,(H,23,24). The van der Waals surface area contributed by atoms with E-state index < -0.39 is 17.4 Å². The van der Waals surface area contributed by atoms with Gasteiger partial charge >= 0.3 is 5.97 Å². The number of nitrogens with zero attached hydrogens (tertiary/aromatic N) is 4. The molecular formula is C15H11BrN4O4. The molecule has 0 amide bonds. The van der Waals surface area contributed by atoms with Crippen molar-refractivity contribution < 1.29 is 15.0 Å². The van der Waals surface area contributed by atoms with Crippen LogP contribution in [0.4, 0.5) is 11.4 Å². The van der Waals surface area contributed by atoms with Gasteiger partial charge in [0, 0.05) is 17.1 Å². The molecule has 1 aromatic heterocycles. The molecule has 0 radical (unpaired) electrons. The molecule has 0 fully saturated rings. The van der Waals surface area contributed by atoms with E-state index >= 15 is 0 Å². The number of hydrogen-bond acceptors (Lipinski definition) is 6. The molecule has 0 atom stereocenters. The summed E-state index contributed by atoms with van der Waals surface area (Å²) in [4.78, 5) is 23.4. The van der Waals surface area contributed by atoms with Crippen LogP contribution in [-0.2, 0) is 7.05 Å².